The Morgan fingerprint density at radius 2 is 1.46 bits per heavy atom. The lowest BCUT2D eigenvalue weighted by Gasteiger charge is -2.17. The van der Waals surface area contributed by atoms with E-state index in [1.54, 1.807) is 14.2 Å². The van der Waals surface area contributed by atoms with Gasteiger partial charge in [0.1, 0.15) is 0 Å². The van der Waals surface area contributed by atoms with Gasteiger partial charge in [0.2, 0.25) is 0 Å². The Kier molecular flexibility index (Phi) is 5.85. The van der Waals surface area contributed by atoms with Gasteiger partial charge in [0, 0.05) is 5.56 Å². The Morgan fingerprint density at radius 1 is 0.875 bits per heavy atom. The van der Waals surface area contributed by atoms with Gasteiger partial charge < -0.3 is 14.8 Å². The van der Waals surface area contributed by atoms with Crippen molar-refractivity contribution in [3.63, 3.8) is 0 Å². The first-order valence-corrected chi connectivity index (χ1v) is 8.09. The van der Waals surface area contributed by atoms with E-state index in [4.69, 9.17) is 9.47 Å². The maximum atomic E-state index is 12.4. The minimum absolute atomic E-state index is 0.0902. The van der Waals surface area contributed by atoms with Gasteiger partial charge >= 0.3 is 0 Å². The monoisotopic (exact) mass is 327 g/mol. The Labute approximate surface area is 143 Å². The third kappa shape index (κ3) is 4.07. The highest BCUT2D eigenvalue weighted by molar-refractivity contribution is 5.94. The maximum absolute atomic E-state index is 12.4. The summed E-state index contributed by atoms with van der Waals surface area (Å²) in [6.07, 6.45) is 0. The van der Waals surface area contributed by atoms with Gasteiger partial charge in [-0.1, -0.05) is 32.0 Å². The van der Waals surface area contributed by atoms with Gasteiger partial charge in [-0.05, 0) is 48.2 Å². The summed E-state index contributed by atoms with van der Waals surface area (Å²) in [6.45, 7) is 6.21. The molecule has 0 aliphatic heterocycles. The zero-order valence-corrected chi connectivity index (χ0v) is 14.9. The van der Waals surface area contributed by atoms with Gasteiger partial charge in [-0.15, -0.1) is 0 Å². The topological polar surface area (TPSA) is 47.6 Å². The lowest BCUT2D eigenvalue weighted by Crippen LogP contribution is -2.26. The minimum Gasteiger partial charge on any atom is -0.493 e. The van der Waals surface area contributed by atoms with Crippen molar-refractivity contribution in [1.29, 1.82) is 0 Å². The first-order valence-electron chi connectivity index (χ1n) is 8.09. The molecule has 2 aromatic rings. The smallest absolute Gasteiger partial charge is 0.251 e. The minimum atomic E-state index is -0.137. The van der Waals surface area contributed by atoms with E-state index >= 15 is 0 Å². The molecule has 0 aliphatic carbocycles. The van der Waals surface area contributed by atoms with Crippen molar-refractivity contribution in [1.82, 2.24) is 5.32 Å². The molecule has 0 radical (unpaired) electrons. The van der Waals surface area contributed by atoms with Crippen molar-refractivity contribution >= 4 is 5.91 Å². The molecule has 2 aromatic carbocycles. The number of rotatable bonds is 6. The molecule has 4 heteroatoms. The second kappa shape index (κ2) is 7.86. The molecular formula is C20H25NO3. The summed E-state index contributed by atoms with van der Waals surface area (Å²) in [5.74, 6) is 1.68. The summed E-state index contributed by atoms with van der Waals surface area (Å²) in [5.41, 5.74) is 2.84. The van der Waals surface area contributed by atoms with E-state index < -0.39 is 0 Å². The molecule has 24 heavy (non-hydrogen) atoms. The van der Waals surface area contributed by atoms with E-state index in [2.05, 4.69) is 19.2 Å². The molecule has 1 amide bonds. The molecule has 0 saturated heterocycles. The number of carbonyl (C=O) groups is 1. The number of methoxy groups -OCH3 is 2. The molecule has 0 aromatic heterocycles. The number of amides is 1. The molecule has 4 nitrogen and oxygen atoms in total. The lowest BCUT2D eigenvalue weighted by atomic mass is 10.0. The highest BCUT2D eigenvalue weighted by atomic mass is 16.5. The zero-order valence-electron chi connectivity index (χ0n) is 14.9. The van der Waals surface area contributed by atoms with Crippen molar-refractivity contribution in [2.24, 2.45) is 0 Å². The van der Waals surface area contributed by atoms with Crippen molar-refractivity contribution in [2.75, 3.05) is 14.2 Å². The number of nitrogens with one attached hydrogen (secondary N) is 1. The van der Waals surface area contributed by atoms with Crippen molar-refractivity contribution in [3.8, 4) is 11.5 Å². The quantitative estimate of drug-likeness (QED) is 0.859. The van der Waals surface area contributed by atoms with E-state index in [1.165, 1.54) is 5.56 Å². The molecule has 1 N–H and O–H groups in total. The SMILES string of the molecule is COc1ccc([C@@H](C)NC(=O)c2ccc(C(C)C)cc2)cc1OC. The fraction of sp³-hybridized carbons (Fsp3) is 0.350. The summed E-state index contributed by atoms with van der Waals surface area (Å²) in [7, 11) is 3.20. The van der Waals surface area contributed by atoms with E-state index in [1.807, 2.05) is 49.4 Å². The third-order valence-corrected chi connectivity index (χ3v) is 4.09. The van der Waals surface area contributed by atoms with Crippen molar-refractivity contribution in [2.45, 2.75) is 32.7 Å². The molecule has 2 rings (SSSR count). The van der Waals surface area contributed by atoms with Gasteiger partial charge in [0.05, 0.1) is 20.3 Å². The predicted octanol–water partition coefficient (Wildman–Crippen LogP) is 4.32. The molecule has 0 fully saturated rings. The largest absolute Gasteiger partial charge is 0.493 e. The van der Waals surface area contributed by atoms with Crippen LogP contribution in [0.2, 0.25) is 0 Å². The van der Waals surface area contributed by atoms with E-state index in [0.717, 1.165) is 5.56 Å². The Bertz CT molecular complexity index is 693. The summed E-state index contributed by atoms with van der Waals surface area (Å²) in [5, 5.41) is 3.01. The highest BCUT2D eigenvalue weighted by Crippen LogP contribution is 2.30. The summed E-state index contributed by atoms with van der Waals surface area (Å²) in [6, 6.07) is 13.2. The molecule has 1 atom stereocenters. The summed E-state index contributed by atoms with van der Waals surface area (Å²) >= 11 is 0. The average molecular weight is 327 g/mol. The van der Waals surface area contributed by atoms with Crippen LogP contribution >= 0.6 is 0 Å². The average Bonchev–Trinajstić information content (AvgIpc) is 2.60. The molecular weight excluding hydrogens is 302 g/mol. The third-order valence-electron chi connectivity index (χ3n) is 4.09. The molecule has 0 heterocycles. The van der Waals surface area contributed by atoms with E-state index in [0.29, 0.717) is 23.0 Å². The second-order valence-corrected chi connectivity index (χ2v) is 6.09. The Hall–Kier alpha value is -2.49. The normalized spacial score (nSPS) is 11.9. The Morgan fingerprint density at radius 3 is 2.00 bits per heavy atom. The molecule has 0 aliphatic rings. The van der Waals surface area contributed by atoms with Crippen molar-refractivity contribution in [3.05, 3.63) is 59.2 Å². The fourth-order valence-electron chi connectivity index (χ4n) is 2.50. The van der Waals surface area contributed by atoms with Gasteiger partial charge in [0.15, 0.2) is 11.5 Å². The standard InChI is InChI=1S/C20H25NO3/c1-13(2)15-6-8-16(9-7-15)20(22)21-14(3)17-10-11-18(23-4)19(12-17)24-5/h6-14H,1-5H3,(H,21,22)/t14-/m1/s1. The van der Waals surface area contributed by atoms with Gasteiger partial charge in [-0.2, -0.15) is 0 Å². The van der Waals surface area contributed by atoms with Crippen LogP contribution in [0.5, 0.6) is 11.5 Å². The van der Waals surface area contributed by atoms with Crippen molar-refractivity contribution < 1.29 is 14.3 Å². The number of carbonyl (C=O) groups excluding carboxylic acids is 1. The highest BCUT2D eigenvalue weighted by Gasteiger charge is 2.14. The molecule has 0 unspecified atom stereocenters. The van der Waals surface area contributed by atoms with E-state index in [9.17, 15) is 4.79 Å². The summed E-state index contributed by atoms with van der Waals surface area (Å²) in [4.78, 5) is 12.4. The van der Waals surface area contributed by atoms with Crippen LogP contribution in [0.4, 0.5) is 0 Å². The maximum Gasteiger partial charge on any atom is 0.251 e. The van der Waals surface area contributed by atoms with Crippen LogP contribution in [0.1, 0.15) is 54.2 Å². The molecule has 0 bridgehead atoms. The molecule has 128 valence electrons. The van der Waals surface area contributed by atoms with E-state index in [-0.39, 0.29) is 11.9 Å². The zero-order chi connectivity index (χ0) is 17.7. The van der Waals surface area contributed by atoms with Crippen LogP contribution in [0, 0.1) is 0 Å². The van der Waals surface area contributed by atoms with Crippen LogP contribution in [0.3, 0.4) is 0 Å². The first kappa shape index (κ1) is 17.9. The van der Waals surface area contributed by atoms with Crippen LogP contribution in [-0.2, 0) is 0 Å². The van der Waals surface area contributed by atoms with Gasteiger partial charge in [-0.3, -0.25) is 4.79 Å². The van der Waals surface area contributed by atoms with Gasteiger partial charge in [0.25, 0.3) is 5.91 Å². The summed E-state index contributed by atoms with van der Waals surface area (Å²) < 4.78 is 10.6. The van der Waals surface area contributed by atoms with Crippen LogP contribution in [-0.4, -0.2) is 20.1 Å². The number of hydrogen-bond donors (Lipinski definition) is 1. The van der Waals surface area contributed by atoms with Crippen LogP contribution < -0.4 is 14.8 Å². The lowest BCUT2D eigenvalue weighted by molar-refractivity contribution is 0.0940. The Balaban J connectivity index is 2.11. The molecule has 0 spiro atoms. The first-order chi connectivity index (χ1) is 11.5. The predicted molar refractivity (Wildman–Crippen MR) is 96.0 cm³/mol. The van der Waals surface area contributed by atoms with Crippen LogP contribution in [0.25, 0.3) is 0 Å². The molecule has 0 saturated carbocycles. The van der Waals surface area contributed by atoms with Gasteiger partial charge in [-0.25, -0.2) is 0 Å². The fourth-order valence-corrected chi connectivity index (χ4v) is 2.50. The number of hydrogen-bond acceptors (Lipinski definition) is 3. The second-order valence-electron chi connectivity index (χ2n) is 6.09. The number of ether oxygens (including phenoxy) is 2. The number of benzene rings is 2. The van der Waals surface area contributed by atoms with Crippen LogP contribution in [0.15, 0.2) is 42.5 Å².